The Morgan fingerprint density at radius 3 is 2.60 bits per heavy atom. The molecule has 0 spiro atoms. The molecule has 0 bridgehead atoms. The minimum atomic E-state index is -1.85. The van der Waals surface area contributed by atoms with E-state index in [1.54, 1.807) is 0 Å². The maximum Gasteiger partial charge on any atom is 0.191 e. The topological polar surface area (TPSA) is 58.4 Å². The summed E-state index contributed by atoms with van der Waals surface area (Å²) < 4.78 is 22.4. The Labute approximate surface area is 192 Å². The summed E-state index contributed by atoms with van der Waals surface area (Å²) in [5.74, 6) is -0.361. The molecular weight excluding hydrogens is 486 g/mol. The van der Waals surface area contributed by atoms with Crippen molar-refractivity contribution in [2.75, 3.05) is 6.61 Å². The van der Waals surface area contributed by atoms with E-state index in [0.29, 0.717) is 11.8 Å². The van der Waals surface area contributed by atoms with Gasteiger partial charge in [0.25, 0.3) is 0 Å². The van der Waals surface area contributed by atoms with E-state index in [0.717, 1.165) is 21.9 Å². The molecule has 1 saturated heterocycles. The first-order valence-electron chi connectivity index (χ1n) is 10.5. The molecule has 6 nitrogen and oxygen atoms in total. The monoisotopic (exact) mass is 515 g/mol. The van der Waals surface area contributed by atoms with E-state index in [1.807, 2.05) is 20.0 Å². The molecule has 2 fully saturated rings. The second kappa shape index (κ2) is 7.52. The fraction of sp³-hybridized carbons (Fsp3) is 0.714. The third kappa shape index (κ3) is 3.88. The Morgan fingerprint density at radius 1 is 1.27 bits per heavy atom. The minimum Gasteiger partial charge on any atom is -0.416 e. The first-order valence-corrected chi connectivity index (χ1v) is 14.5. The van der Waals surface area contributed by atoms with E-state index in [2.05, 4.69) is 64.3 Å². The van der Waals surface area contributed by atoms with Crippen LogP contribution in [0, 0.1) is 5.92 Å². The van der Waals surface area contributed by atoms with Crippen LogP contribution >= 0.6 is 27.5 Å². The smallest absolute Gasteiger partial charge is 0.191 e. The Balaban J connectivity index is 1.65. The minimum absolute atomic E-state index is 0.0108. The van der Waals surface area contributed by atoms with E-state index in [-0.39, 0.29) is 29.2 Å². The van der Waals surface area contributed by atoms with E-state index in [4.69, 9.17) is 25.5 Å². The van der Waals surface area contributed by atoms with Crippen LogP contribution in [0.3, 0.4) is 0 Å². The molecule has 0 aromatic carbocycles. The van der Waals surface area contributed by atoms with Crippen LogP contribution in [0.1, 0.15) is 47.1 Å². The molecule has 1 saturated carbocycles. The molecule has 30 heavy (non-hydrogen) atoms. The van der Waals surface area contributed by atoms with Crippen LogP contribution < -0.4 is 0 Å². The predicted octanol–water partition coefficient (Wildman–Crippen LogP) is 5.95. The van der Waals surface area contributed by atoms with Gasteiger partial charge in [-0.15, -0.1) is 0 Å². The standard InChI is InChI=1S/C21H31BrClN3O3Si/c1-20(2,3)30(6,7)27-10-12-8-14(17-16(12)28-21(4,5)29-17)26-9-13(22)15-18(23)24-11-25-19(15)26/h9,11-12,14,16-17H,8,10H2,1-7H3/t12-,14-,16-,17+/m1/s1. The van der Waals surface area contributed by atoms with Crippen LogP contribution in [0.25, 0.3) is 11.0 Å². The van der Waals surface area contributed by atoms with Gasteiger partial charge in [0.2, 0.25) is 0 Å². The van der Waals surface area contributed by atoms with E-state index in [9.17, 15) is 0 Å². The summed E-state index contributed by atoms with van der Waals surface area (Å²) in [6.45, 7) is 16.0. The van der Waals surface area contributed by atoms with Gasteiger partial charge in [0.15, 0.2) is 14.1 Å². The highest BCUT2D eigenvalue weighted by Gasteiger charge is 2.55. The quantitative estimate of drug-likeness (QED) is 0.371. The van der Waals surface area contributed by atoms with Gasteiger partial charge in [-0.3, -0.25) is 0 Å². The van der Waals surface area contributed by atoms with Crippen molar-refractivity contribution in [2.24, 2.45) is 5.92 Å². The van der Waals surface area contributed by atoms with Crippen LogP contribution in [0.15, 0.2) is 17.0 Å². The zero-order chi connectivity index (χ0) is 22.1. The predicted molar refractivity (Wildman–Crippen MR) is 124 cm³/mol. The molecule has 9 heteroatoms. The fourth-order valence-corrected chi connectivity index (χ4v) is 6.28. The molecule has 0 amide bonds. The molecule has 0 radical (unpaired) electrons. The molecule has 4 atom stereocenters. The molecule has 2 aromatic heterocycles. The molecule has 4 rings (SSSR count). The number of fused-ring (bicyclic) bond motifs is 2. The first kappa shape index (κ1) is 22.7. The maximum absolute atomic E-state index is 6.59. The molecule has 0 N–H and O–H groups in total. The third-order valence-corrected chi connectivity index (χ3v) is 12.3. The molecular formula is C21H31BrClN3O3Si. The number of ether oxygens (including phenoxy) is 2. The Bertz CT molecular complexity index is 959. The van der Waals surface area contributed by atoms with Crippen molar-refractivity contribution in [1.82, 2.24) is 14.5 Å². The van der Waals surface area contributed by atoms with Gasteiger partial charge in [0, 0.05) is 23.2 Å². The largest absolute Gasteiger partial charge is 0.416 e. The highest BCUT2D eigenvalue weighted by Crippen LogP contribution is 2.49. The average Bonchev–Trinajstić information content (AvgIpc) is 3.21. The number of nitrogens with zero attached hydrogens (tertiary/aromatic N) is 3. The number of halogens is 2. The van der Waals surface area contributed by atoms with Gasteiger partial charge >= 0.3 is 0 Å². The third-order valence-electron chi connectivity index (χ3n) is 6.89. The van der Waals surface area contributed by atoms with Crippen LogP contribution in [0.2, 0.25) is 23.3 Å². The van der Waals surface area contributed by atoms with Gasteiger partial charge in [-0.25, -0.2) is 9.97 Å². The molecule has 2 aromatic rings. The Kier molecular flexibility index (Phi) is 5.69. The van der Waals surface area contributed by atoms with Crippen LogP contribution in [-0.4, -0.2) is 47.5 Å². The molecule has 2 aliphatic rings. The normalized spacial score (nSPS) is 29.0. The second-order valence-electron chi connectivity index (χ2n) is 10.4. The van der Waals surface area contributed by atoms with Crippen molar-refractivity contribution in [3.8, 4) is 0 Å². The van der Waals surface area contributed by atoms with E-state index in [1.165, 1.54) is 6.33 Å². The molecule has 1 aliphatic heterocycles. The van der Waals surface area contributed by atoms with E-state index < -0.39 is 14.1 Å². The maximum atomic E-state index is 6.59. The van der Waals surface area contributed by atoms with E-state index >= 15 is 0 Å². The van der Waals surface area contributed by atoms with Crippen molar-refractivity contribution in [1.29, 1.82) is 0 Å². The van der Waals surface area contributed by atoms with Crippen LogP contribution in [-0.2, 0) is 13.9 Å². The lowest BCUT2D eigenvalue weighted by molar-refractivity contribution is -0.161. The van der Waals surface area contributed by atoms with Gasteiger partial charge in [-0.1, -0.05) is 32.4 Å². The Morgan fingerprint density at radius 2 is 1.93 bits per heavy atom. The number of rotatable bonds is 4. The van der Waals surface area contributed by atoms with Crippen molar-refractivity contribution < 1.29 is 13.9 Å². The highest BCUT2D eigenvalue weighted by molar-refractivity contribution is 9.10. The van der Waals surface area contributed by atoms with Gasteiger partial charge in [0.05, 0.1) is 17.5 Å². The van der Waals surface area contributed by atoms with Gasteiger partial charge in [-0.05, 0) is 54.3 Å². The summed E-state index contributed by atoms with van der Waals surface area (Å²) >= 11 is 9.97. The molecule has 3 heterocycles. The summed E-state index contributed by atoms with van der Waals surface area (Å²) in [6.07, 6.45) is 4.37. The van der Waals surface area contributed by atoms with Crippen molar-refractivity contribution >= 4 is 46.9 Å². The van der Waals surface area contributed by atoms with Crippen molar-refractivity contribution in [2.45, 2.75) is 83.2 Å². The lowest BCUT2D eigenvalue weighted by Crippen LogP contribution is -2.43. The number of aromatic nitrogens is 3. The summed E-state index contributed by atoms with van der Waals surface area (Å²) in [7, 11) is -1.85. The lowest BCUT2D eigenvalue weighted by atomic mass is 10.1. The average molecular weight is 517 g/mol. The second-order valence-corrected chi connectivity index (χ2v) is 16.5. The summed E-state index contributed by atoms with van der Waals surface area (Å²) in [4.78, 5) is 8.65. The summed E-state index contributed by atoms with van der Waals surface area (Å²) in [5, 5.41) is 1.45. The zero-order valence-corrected chi connectivity index (χ0v) is 22.0. The highest BCUT2D eigenvalue weighted by atomic mass is 79.9. The van der Waals surface area contributed by atoms with Crippen molar-refractivity contribution in [3.63, 3.8) is 0 Å². The number of hydrogen-bond acceptors (Lipinski definition) is 5. The van der Waals surface area contributed by atoms with Crippen LogP contribution in [0.5, 0.6) is 0 Å². The first-order chi connectivity index (χ1) is 13.8. The Hall–Kier alpha value is -0.513. The number of hydrogen-bond donors (Lipinski definition) is 0. The summed E-state index contributed by atoms with van der Waals surface area (Å²) in [6, 6.07) is 0.0876. The lowest BCUT2D eigenvalue weighted by Gasteiger charge is -2.37. The van der Waals surface area contributed by atoms with Gasteiger partial charge in [0.1, 0.15) is 23.2 Å². The molecule has 166 valence electrons. The van der Waals surface area contributed by atoms with Crippen LogP contribution in [0.4, 0.5) is 0 Å². The van der Waals surface area contributed by atoms with Crippen molar-refractivity contribution in [3.05, 3.63) is 22.1 Å². The zero-order valence-electron chi connectivity index (χ0n) is 18.7. The molecule has 0 unspecified atom stereocenters. The van der Waals surface area contributed by atoms with Gasteiger partial charge < -0.3 is 18.5 Å². The fourth-order valence-electron chi connectivity index (χ4n) is 4.28. The molecule has 1 aliphatic carbocycles. The van der Waals surface area contributed by atoms with Gasteiger partial charge in [-0.2, -0.15) is 0 Å². The SMILES string of the molecule is CC1(C)O[C@@H]2[C@@H](CO[Si](C)(C)C(C)(C)C)C[C@@H](n3cc(Br)c4c(Cl)ncnc43)[C@@H]2O1. The summed E-state index contributed by atoms with van der Waals surface area (Å²) in [5.41, 5.74) is 0.810.